The monoisotopic (exact) mass is 415 g/mol. The number of aromatic nitrogens is 4. The summed E-state index contributed by atoms with van der Waals surface area (Å²) < 4.78 is 1.84. The number of hydrogen-bond acceptors (Lipinski definition) is 4. The van der Waals surface area contributed by atoms with Crippen LogP contribution in [-0.4, -0.2) is 37.1 Å². The van der Waals surface area contributed by atoms with Crippen molar-refractivity contribution in [2.24, 2.45) is 7.05 Å². The lowest BCUT2D eigenvalue weighted by Crippen LogP contribution is -2.33. The first kappa shape index (κ1) is 21.0. The number of nitrogens with zero attached hydrogens (tertiary/aromatic N) is 4. The minimum absolute atomic E-state index is 0.0309. The van der Waals surface area contributed by atoms with Crippen molar-refractivity contribution in [3.8, 4) is 0 Å². The summed E-state index contributed by atoms with van der Waals surface area (Å²) in [7, 11) is 1.91. The largest absolute Gasteiger partial charge is 0.335 e. The van der Waals surface area contributed by atoms with Crippen LogP contribution in [0.4, 0.5) is 0 Å². The zero-order chi connectivity index (χ0) is 21.1. The van der Waals surface area contributed by atoms with Gasteiger partial charge in [0.2, 0.25) is 5.91 Å². The number of H-pyrrole nitrogens is 1. The Labute approximate surface area is 174 Å². The predicted octanol–water partition coefficient (Wildman–Crippen LogP) is 3.30. The van der Waals surface area contributed by atoms with Crippen LogP contribution in [0.5, 0.6) is 0 Å². The Hall–Kier alpha value is -2.67. The van der Waals surface area contributed by atoms with E-state index in [0.29, 0.717) is 41.1 Å². The highest BCUT2D eigenvalue weighted by atomic mass is 35.5. The van der Waals surface area contributed by atoms with Crippen LogP contribution in [-0.2, 0) is 24.8 Å². The zero-order valence-electron chi connectivity index (χ0n) is 17.3. The Balaban J connectivity index is 1.78. The number of rotatable bonds is 7. The first-order valence-electron chi connectivity index (χ1n) is 9.75. The molecule has 0 bridgehead atoms. The van der Waals surface area contributed by atoms with Gasteiger partial charge in [0.05, 0.1) is 23.1 Å². The van der Waals surface area contributed by atoms with E-state index >= 15 is 0 Å². The van der Waals surface area contributed by atoms with Crippen molar-refractivity contribution in [2.75, 3.05) is 6.54 Å². The van der Waals surface area contributed by atoms with Crippen LogP contribution in [0.25, 0.3) is 10.9 Å². The highest BCUT2D eigenvalue weighted by molar-refractivity contribution is 6.31. The molecule has 3 rings (SSSR count). The molecule has 0 aliphatic heterocycles. The minimum atomic E-state index is -0.229. The maximum Gasteiger partial charge on any atom is 0.258 e. The zero-order valence-corrected chi connectivity index (χ0v) is 18.0. The third-order valence-corrected chi connectivity index (χ3v) is 5.39. The second kappa shape index (κ2) is 8.78. The van der Waals surface area contributed by atoms with Gasteiger partial charge in [-0.05, 0) is 50.5 Å². The van der Waals surface area contributed by atoms with Gasteiger partial charge in [0.25, 0.3) is 5.56 Å². The molecule has 0 aliphatic rings. The van der Waals surface area contributed by atoms with E-state index in [2.05, 4.69) is 15.1 Å². The Morgan fingerprint density at radius 2 is 2.07 bits per heavy atom. The van der Waals surface area contributed by atoms with Crippen molar-refractivity contribution in [3.63, 3.8) is 0 Å². The number of aryl methyl sites for hydroxylation is 2. The number of hydrogen-bond donors (Lipinski definition) is 1. The molecule has 29 heavy (non-hydrogen) atoms. The normalized spacial score (nSPS) is 11.2. The molecule has 7 nitrogen and oxygen atoms in total. The average molecular weight is 416 g/mol. The first-order chi connectivity index (χ1) is 13.8. The fourth-order valence-corrected chi connectivity index (χ4v) is 3.71. The SMILES string of the molecule is CCCN(Cc1nc2cc(Cl)ccc2c(=O)[nH]1)C(=O)CCc1c(C)nn(C)c1C. The van der Waals surface area contributed by atoms with Crippen LogP contribution < -0.4 is 5.56 Å². The summed E-state index contributed by atoms with van der Waals surface area (Å²) in [5.74, 6) is 0.489. The molecule has 0 saturated heterocycles. The molecule has 2 heterocycles. The number of benzene rings is 1. The smallest absolute Gasteiger partial charge is 0.258 e. The van der Waals surface area contributed by atoms with Gasteiger partial charge in [0, 0.05) is 30.7 Å². The molecule has 0 saturated carbocycles. The summed E-state index contributed by atoms with van der Waals surface area (Å²) >= 11 is 6.03. The summed E-state index contributed by atoms with van der Waals surface area (Å²) in [6.45, 7) is 6.85. The molecule has 1 N–H and O–H groups in total. The predicted molar refractivity (Wildman–Crippen MR) is 114 cm³/mol. The number of nitrogens with one attached hydrogen (secondary N) is 1. The Morgan fingerprint density at radius 3 is 2.72 bits per heavy atom. The lowest BCUT2D eigenvalue weighted by molar-refractivity contribution is -0.131. The summed E-state index contributed by atoms with van der Waals surface area (Å²) in [5, 5.41) is 5.41. The van der Waals surface area contributed by atoms with E-state index in [9.17, 15) is 9.59 Å². The molecule has 8 heteroatoms. The standard InChI is InChI=1S/C21H26ClN5O2/c1-5-10-27(20(28)9-8-16-13(2)25-26(4)14(16)3)12-19-23-18-11-15(22)6-7-17(18)21(29)24-19/h6-7,11H,5,8-10,12H2,1-4H3,(H,23,24,29). The molecule has 0 fully saturated rings. The minimum Gasteiger partial charge on any atom is -0.335 e. The maximum atomic E-state index is 12.9. The summed E-state index contributed by atoms with van der Waals surface area (Å²) in [6.07, 6.45) is 1.85. The van der Waals surface area contributed by atoms with E-state index in [0.717, 1.165) is 23.4 Å². The highest BCUT2D eigenvalue weighted by Gasteiger charge is 2.17. The van der Waals surface area contributed by atoms with E-state index in [4.69, 9.17) is 11.6 Å². The number of carbonyl (C=O) groups is 1. The van der Waals surface area contributed by atoms with Gasteiger partial charge in [0.1, 0.15) is 5.82 Å². The van der Waals surface area contributed by atoms with Crippen LogP contribution >= 0.6 is 11.6 Å². The summed E-state index contributed by atoms with van der Waals surface area (Å²) in [4.78, 5) is 34.3. The van der Waals surface area contributed by atoms with Gasteiger partial charge < -0.3 is 9.88 Å². The van der Waals surface area contributed by atoms with Crippen molar-refractivity contribution in [2.45, 2.75) is 46.6 Å². The van der Waals surface area contributed by atoms with E-state index in [1.807, 2.05) is 32.5 Å². The number of amides is 1. The van der Waals surface area contributed by atoms with Gasteiger partial charge in [-0.1, -0.05) is 18.5 Å². The summed E-state index contributed by atoms with van der Waals surface area (Å²) in [6, 6.07) is 4.98. The molecule has 0 radical (unpaired) electrons. The topological polar surface area (TPSA) is 83.9 Å². The second-order valence-electron chi connectivity index (χ2n) is 7.26. The Bertz CT molecular complexity index is 1100. The van der Waals surface area contributed by atoms with Gasteiger partial charge in [-0.3, -0.25) is 14.3 Å². The number of halogens is 1. The number of fused-ring (bicyclic) bond motifs is 1. The van der Waals surface area contributed by atoms with Crippen molar-refractivity contribution in [1.82, 2.24) is 24.6 Å². The van der Waals surface area contributed by atoms with Gasteiger partial charge >= 0.3 is 0 Å². The first-order valence-corrected chi connectivity index (χ1v) is 10.1. The van der Waals surface area contributed by atoms with Gasteiger partial charge in [-0.25, -0.2) is 4.98 Å². The summed E-state index contributed by atoms with van der Waals surface area (Å²) in [5.41, 5.74) is 3.45. The Morgan fingerprint density at radius 1 is 1.31 bits per heavy atom. The van der Waals surface area contributed by atoms with Gasteiger partial charge in [0.15, 0.2) is 0 Å². The van der Waals surface area contributed by atoms with Crippen LogP contribution in [0.3, 0.4) is 0 Å². The molecular formula is C21H26ClN5O2. The van der Waals surface area contributed by atoms with Crippen LogP contribution in [0.15, 0.2) is 23.0 Å². The van der Waals surface area contributed by atoms with Crippen LogP contribution in [0.1, 0.15) is 42.5 Å². The highest BCUT2D eigenvalue weighted by Crippen LogP contribution is 2.17. The fourth-order valence-electron chi connectivity index (χ4n) is 3.55. The number of aromatic amines is 1. The molecular weight excluding hydrogens is 390 g/mol. The lowest BCUT2D eigenvalue weighted by atomic mass is 10.1. The maximum absolute atomic E-state index is 12.9. The molecule has 0 aliphatic carbocycles. The van der Waals surface area contributed by atoms with Crippen LogP contribution in [0, 0.1) is 13.8 Å². The van der Waals surface area contributed by atoms with Crippen LogP contribution in [0.2, 0.25) is 5.02 Å². The quantitative estimate of drug-likeness (QED) is 0.641. The van der Waals surface area contributed by atoms with Crippen molar-refractivity contribution >= 4 is 28.4 Å². The fraction of sp³-hybridized carbons (Fsp3) is 0.429. The van der Waals surface area contributed by atoms with Gasteiger partial charge in [-0.2, -0.15) is 5.10 Å². The molecule has 3 aromatic rings. The molecule has 1 amide bonds. The third kappa shape index (κ3) is 4.67. The molecule has 0 unspecified atom stereocenters. The van der Waals surface area contributed by atoms with Crippen molar-refractivity contribution < 1.29 is 4.79 Å². The van der Waals surface area contributed by atoms with E-state index in [1.165, 1.54) is 0 Å². The third-order valence-electron chi connectivity index (χ3n) is 5.15. The van der Waals surface area contributed by atoms with E-state index < -0.39 is 0 Å². The molecule has 154 valence electrons. The van der Waals surface area contributed by atoms with E-state index in [1.54, 1.807) is 23.1 Å². The lowest BCUT2D eigenvalue weighted by Gasteiger charge is -2.22. The molecule has 2 aromatic heterocycles. The van der Waals surface area contributed by atoms with Crippen molar-refractivity contribution in [1.29, 1.82) is 0 Å². The number of carbonyl (C=O) groups excluding carboxylic acids is 1. The van der Waals surface area contributed by atoms with Gasteiger partial charge in [-0.15, -0.1) is 0 Å². The molecule has 0 atom stereocenters. The average Bonchev–Trinajstić information content (AvgIpc) is 2.90. The second-order valence-corrected chi connectivity index (χ2v) is 7.70. The Kier molecular flexibility index (Phi) is 6.37. The molecule has 0 spiro atoms. The molecule has 1 aromatic carbocycles. The van der Waals surface area contributed by atoms with E-state index in [-0.39, 0.29) is 18.0 Å². The van der Waals surface area contributed by atoms with Crippen molar-refractivity contribution in [3.05, 3.63) is 56.4 Å².